The molecule has 6 nitrogen and oxygen atoms in total. The van der Waals surface area contributed by atoms with Gasteiger partial charge in [0.25, 0.3) is 5.91 Å². The van der Waals surface area contributed by atoms with Gasteiger partial charge in [-0.1, -0.05) is 11.6 Å². The van der Waals surface area contributed by atoms with Crippen LogP contribution in [0.25, 0.3) is 0 Å². The van der Waals surface area contributed by atoms with Gasteiger partial charge in [0.1, 0.15) is 17.3 Å². The van der Waals surface area contributed by atoms with Crippen LogP contribution in [0.15, 0.2) is 71.3 Å². The molecule has 4 rings (SSSR count). The first-order valence-electron chi connectivity index (χ1n) is 11.3. The summed E-state index contributed by atoms with van der Waals surface area (Å²) >= 11 is 5.94. The quantitative estimate of drug-likeness (QED) is 0.491. The lowest BCUT2D eigenvalue weighted by Gasteiger charge is -2.40. The molecule has 8 heteroatoms. The first-order valence-corrected chi connectivity index (χ1v) is 11.7. The molecule has 1 amide bonds. The van der Waals surface area contributed by atoms with E-state index in [-0.39, 0.29) is 17.8 Å². The van der Waals surface area contributed by atoms with Crippen molar-refractivity contribution in [1.29, 1.82) is 0 Å². The molecule has 3 aromatic rings. The molecule has 0 radical (unpaired) electrons. The van der Waals surface area contributed by atoms with Crippen LogP contribution >= 0.6 is 11.6 Å². The summed E-state index contributed by atoms with van der Waals surface area (Å²) < 4.78 is 24.9. The van der Waals surface area contributed by atoms with Gasteiger partial charge >= 0.3 is 0 Å². The molecule has 2 aromatic carbocycles. The van der Waals surface area contributed by atoms with E-state index in [1.807, 2.05) is 12.1 Å². The Morgan fingerprint density at radius 1 is 1.09 bits per heavy atom. The van der Waals surface area contributed by atoms with Gasteiger partial charge in [-0.3, -0.25) is 9.69 Å². The van der Waals surface area contributed by atoms with Crippen LogP contribution in [0.4, 0.5) is 10.1 Å². The summed E-state index contributed by atoms with van der Waals surface area (Å²) in [6.07, 6.45) is 1.65. The number of carbonyl (C=O) groups is 1. The van der Waals surface area contributed by atoms with Crippen LogP contribution in [0, 0.1) is 5.82 Å². The van der Waals surface area contributed by atoms with Crippen LogP contribution in [0.1, 0.15) is 25.6 Å². The predicted octanol–water partition coefficient (Wildman–Crippen LogP) is 4.91. The summed E-state index contributed by atoms with van der Waals surface area (Å²) in [7, 11) is 0. The zero-order valence-electron chi connectivity index (χ0n) is 19.3. The summed E-state index contributed by atoms with van der Waals surface area (Å²) in [6.45, 7) is 7.01. The summed E-state index contributed by atoms with van der Waals surface area (Å²) in [5, 5.41) is 3.65. The third-order valence-electron chi connectivity index (χ3n) is 6.01. The van der Waals surface area contributed by atoms with Crippen molar-refractivity contribution in [3.05, 3.63) is 83.5 Å². The number of piperazine rings is 1. The van der Waals surface area contributed by atoms with E-state index < -0.39 is 5.60 Å². The highest BCUT2D eigenvalue weighted by Gasteiger charge is 2.33. The minimum absolute atomic E-state index is 0.111. The molecule has 1 fully saturated rings. The highest BCUT2D eigenvalue weighted by Crippen LogP contribution is 2.26. The lowest BCUT2D eigenvalue weighted by atomic mass is 10.1. The number of hydrogen-bond acceptors (Lipinski definition) is 5. The van der Waals surface area contributed by atoms with Gasteiger partial charge in [-0.05, 0) is 74.5 Å². The lowest BCUT2D eigenvalue weighted by Crippen LogP contribution is -2.52. The first kappa shape index (κ1) is 24.1. The first-order chi connectivity index (χ1) is 16.3. The third-order valence-corrected chi connectivity index (χ3v) is 6.26. The molecule has 1 unspecified atom stereocenters. The van der Waals surface area contributed by atoms with Crippen LogP contribution < -0.4 is 15.0 Å². The number of benzene rings is 2. The molecule has 1 saturated heterocycles. The standard InChI is InChI=1S/C26H29ClFN3O3/c1-26(2,34-22-11-5-19(27)6-12-22)25(32)29-18-23(24-4-3-17-33-24)31-15-13-30(14-16-31)21-9-7-20(28)8-10-21/h3-12,17,23H,13-16,18H2,1-2H3,(H,29,32). The Hall–Kier alpha value is -3.03. The molecule has 1 aliphatic rings. The summed E-state index contributed by atoms with van der Waals surface area (Å²) in [6, 6.07) is 17.2. The van der Waals surface area contributed by atoms with Gasteiger partial charge in [-0.25, -0.2) is 4.39 Å². The normalized spacial score (nSPS) is 15.7. The van der Waals surface area contributed by atoms with Crippen LogP contribution in [0.3, 0.4) is 0 Å². The molecule has 34 heavy (non-hydrogen) atoms. The molecule has 2 heterocycles. The van der Waals surface area contributed by atoms with Crippen LogP contribution in [-0.4, -0.2) is 49.1 Å². The van der Waals surface area contributed by atoms with Crippen molar-refractivity contribution in [3.63, 3.8) is 0 Å². The van der Waals surface area contributed by atoms with Crippen LogP contribution in [0.2, 0.25) is 5.02 Å². The van der Waals surface area contributed by atoms with Gasteiger partial charge in [0.2, 0.25) is 0 Å². The number of anilines is 1. The number of hydrogen-bond donors (Lipinski definition) is 1. The van der Waals surface area contributed by atoms with E-state index in [0.717, 1.165) is 37.6 Å². The minimum atomic E-state index is -1.07. The molecule has 1 N–H and O–H groups in total. The lowest BCUT2D eigenvalue weighted by molar-refractivity contribution is -0.134. The van der Waals surface area contributed by atoms with E-state index in [4.69, 9.17) is 20.8 Å². The number of amides is 1. The van der Waals surface area contributed by atoms with Crippen molar-refractivity contribution in [3.8, 4) is 5.75 Å². The maximum atomic E-state index is 13.3. The van der Waals surface area contributed by atoms with Gasteiger partial charge < -0.3 is 19.4 Å². The third kappa shape index (κ3) is 5.90. The van der Waals surface area contributed by atoms with E-state index in [9.17, 15) is 9.18 Å². The van der Waals surface area contributed by atoms with Gasteiger partial charge in [0, 0.05) is 43.4 Å². The van der Waals surface area contributed by atoms with Crippen molar-refractivity contribution in [2.45, 2.75) is 25.5 Å². The van der Waals surface area contributed by atoms with Crippen LogP contribution in [-0.2, 0) is 4.79 Å². The monoisotopic (exact) mass is 485 g/mol. The Balaban J connectivity index is 1.38. The maximum absolute atomic E-state index is 13.3. The average molecular weight is 486 g/mol. The molecule has 0 saturated carbocycles. The fourth-order valence-electron chi connectivity index (χ4n) is 4.08. The molecular formula is C26H29ClFN3O3. The van der Waals surface area contributed by atoms with Crippen molar-refractivity contribution in [2.75, 3.05) is 37.6 Å². The highest BCUT2D eigenvalue weighted by atomic mass is 35.5. The zero-order valence-corrected chi connectivity index (χ0v) is 20.1. The second-order valence-corrected chi connectivity index (χ2v) is 9.24. The summed E-state index contributed by atoms with van der Waals surface area (Å²) in [5.41, 5.74) is -0.0620. The fraction of sp³-hybridized carbons (Fsp3) is 0.346. The minimum Gasteiger partial charge on any atom is -0.478 e. The van der Waals surface area contributed by atoms with Gasteiger partial charge in [-0.15, -0.1) is 0 Å². The van der Waals surface area contributed by atoms with Crippen LogP contribution in [0.5, 0.6) is 5.75 Å². The van der Waals surface area contributed by atoms with E-state index in [1.165, 1.54) is 12.1 Å². The Labute approximate surface area is 204 Å². The van der Waals surface area contributed by atoms with Crippen molar-refractivity contribution < 1.29 is 18.3 Å². The molecule has 0 spiro atoms. The summed E-state index contributed by atoms with van der Waals surface area (Å²) in [5.74, 6) is 0.916. The molecule has 1 atom stereocenters. The van der Waals surface area contributed by atoms with E-state index in [0.29, 0.717) is 17.3 Å². The second-order valence-electron chi connectivity index (χ2n) is 8.81. The predicted molar refractivity (Wildman–Crippen MR) is 131 cm³/mol. The molecule has 1 aliphatic heterocycles. The Kier molecular flexibility index (Phi) is 7.44. The molecule has 180 valence electrons. The Bertz CT molecular complexity index is 1060. The van der Waals surface area contributed by atoms with Crippen molar-refractivity contribution in [1.82, 2.24) is 10.2 Å². The number of rotatable bonds is 8. The zero-order chi connectivity index (χ0) is 24.1. The van der Waals surface area contributed by atoms with Crippen molar-refractivity contribution >= 4 is 23.2 Å². The molecule has 1 aromatic heterocycles. The number of halogens is 2. The summed E-state index contributed by atoms with van der Waals surface area (Å²) in [4.78, 5) is 17.5. The van der Waals surface area contributed by atoms with E-state index in [2.05, 4.69) is 15.1 Å². The van der Waals surface area contributed by atoms with Gasteiger partial charge in [-0.2, -0.15) is 0 Å². The smallest absolute Gasteiger partial charge is 0.263 e. The Morgan fingerprint density at radius 2 is 1.76 bits per heavy atom. The number of nitrogens with zero attached hydrogens (tertiary/aromatic N) is 2. The Morgan fingerprint density at radius 3 is 2.38 bits per heavy atom. The molecule has 0 bridgehead atoms. The second kappa shape index (κ2) is 10.5. The number of ether oxygens (including phenoxy) is 1. The fourth-order valence-corrected chi connectivity index (χ4v) is 4.21. The number of nitrogens with one attached hydrogen (secondary N) is 1. The van der Waals surface area contributed by atoms with Gasteiger partial charge in [0.05, 0.1) is 12.3 Å². The molecular weight excluding hydrogens is 457 g/mol. The average Bonchev–Trinajstić information content (AvgIpc) is 3.36. The maximum Gasteiger partial charge on any atom is 0.263 e. The van der Waals surface area contributed by atoms with Crippen molar-refractivity contribution in [2.24, 2.45) is 0 Å². The largest absolute Gasteiger partial charge is 0.478 e. The topological polar surface area (TPSA) is 58.0 Å². The SMILES string of the molecule is CC(C)(Oc1ccc(Cl)cc1)C(=O)NCC(c1ccco1)N1CCN(c2ccc(F)cc2)CC1. The highest BCUT2D eigenvalue weighted by molar-refractivity contribution is 6.30. The number of carbonyl (C=O) groups excluding carboxylic acids is 1. The molecule has 0 aliphatic carbocycles. The number of furan rings is 1. The van der Waals surface area contributed by atoms with E-state index >= 15 is 0 Å². The van der Waals surface area contributed by atoms with E-state index in [1.54, 1.807) is 56.5 Å². The van der Waals surface area contributed by atoms with Gasteiger partial charge in [0.15, 0.2) is 5.60 Å².